The maximum absolute atomic E-state index is 13.0. The predicted octanol–water partition coefficient (Wildman–Crippen LogP) is 6.98. The van der Waals surface area contributed by atoms with E-state index in [0.29, 0.717) is 19.6 Å². The van der Waals surface area contributed by atoms with Crippen molar-refractivity contribution in [3.8, 4) is 0 Å². The molecular weight excluding hydrogens is 632 g/mol. The van der Waals surface area contributed by atoms with E-state index >= 15 is 0 Å². The van der Waals surface area contributed by atoms with Gasteiger partial charge in [0.1, 0.15) is 26.4 Å². The molecule has 4 amide bonds. The van der Waals surface area contributed by atoms with Crippen LogP contribution in [0.4, 0.5) is 0 Å². The van der Waals surface area contributed by atoms with Crippen molar-refractivity contribution in [2.24, 2.45) is 0 Å². The molecule has 0 aromatic heterocycles. The maximum atomic E-state index is 13.0. The number of carbonyl (C=O) groups is 4. The van der Waals surface area contributed by atoms with Crippen LogP contribution in [0.5, 0.6) is 0 Å². The molecule has 0 aliphatic carbocycles. The standard InChI is InChI=1S/C40H70N4O6/c1-4-7-10-13-16-19-25-41-37(45)31-49-32-38(46)42-29-35-23-22-24-36(28-35)30-43-39(47)33-50-34-40(48)44(26-20-17-14-11-8-5-2)27-21-18-15-12-9-6-3/h22-24,28H,4-21,25-27,29-34H2,1-3H3,(H,41,45)(H,42,46)(H,43,47). The van der Waals surface area contributed by atoms with E-state index in [0.717, 1.165) is 62.7 Å². The fourth-order valence-corrected chi connectivity index (χ4v) is 5.62. The second-order valence-electron chi connectivity index (χ2n) is 13.4. The third kappa shape index (κ3) is 25.9. The van der Waals surface area contributed by atoms with Gasteiger partial charge in [-0.3, -0.25) is 19.2 Å². The van der Waals surface area contributed by atoms with Crippen LogP contribution in [0.2, 0.25) is 0 Å². The lowest BCUT2D eigenvalue weighted by atomic mass is 10.1. The summed E-state index contributed by atoms with van der Waals surface area (Å²) in [5.74, 6) is -0.862. The van der Waals surface area contributed by atoms with E-state index in [-0.39, 0.29) is 50.1 Å². The van der Waals surface area contributed by atoms with E-state index in [9.17, 15) is 19.2 Å². The molecule has 3 N–H and O–H groups in total. The van der Waals surface area contributed by atoms with Crippen LogP contribution in [0.3, 0.4) is 0 Å². The molecule has 0 aliphatic rings. The second-order valence-corrected chi connectivity index (χ2v) is 13.4. The van der Waals surface area contributed by atoms with Gasteiger partial charge in [-0.05, 0) is 30.4 Å². The van der Waals surface area contributed by atoms with Gasteiger partial charge in [-0.15, -0.1) is 0 Å². The summed E-state index contributed by atoms with van der Waals surface area (Å²) in [5, 5.41) is 8.47. The Morgan fingerprint density at radius 3 is 1.40 bits per heavy atom. The van der Waals surface area contributed by atoms with Crippen LogP contribution in [-0.2, 0) is 41.7 Å². The molecule has 0 spiro atoms. The molecule has 1 aromatic rings. The van der Waals surface area contributed by atoms with Crippen LogP contribution in [0.15, 0.2) is 24.3 Å². The monoisotopic (exact) mass is 703 g/mol. The van der Waals surface area contributed by atoms with Crippen LogP contribution >= 0.6 is 0 Å². The van der Waals surface area contributed by atoms with E-state index in [2.05, 4.69) is 36.7 Å². The number of carbonyl (C=O) groups excluding carboxylic acids is 4. The molecule has 0 saturated carbocycles. The number of benzene rings is 1. The Kier molecular flexibility index (Phi) is 28.8. The topological polar surface area (TPSA) is 126 Å². The Balaban J connectivity index is 2.31. The number of nitrogens with zero attached hydrogens (tertiary/aromatic N) is 1. The summed E-state index contributed by atoms with van der Waals surface area (Å²) in [4.78, 5) is 51.5. The number of rotatable bonds is 33. The lowest BCUT2D eigenvalue weighted by Crippen LogP contribution is -2.37. The molecule has 50 heavy (non-hydrogen) atoms. The minimum atomic E-state index is -0.309. The number of nitrogens with one attached hydrogen (secondary N) is 3. The average molecular weight is 703 g/mol. The first-order valence-corrected chi connectivity index (χ1v) is 19.7. The quantitative estimate of drug-likeness (QED) is 0.0679. The number of hydrogen-bond acceptors (Lipinski definition) is 6. The number of amides is 4. The van der Waals surface area contributed by atoms with Crippen LogP contribution < -0.4 is 16.0 Å². The van der Waals surface area contributed by atoms with Crippen LogP contribution in [-0.4, -0.2) is 74.6 Å². The zero-order valence-electron chi connectivity index (χ0n) is 31.8. The van der Waals surface area contributed by atoms with Crippen LogP contribution in [0, 0.1) is 0 Å². The van der Waals surface area contributed by atoms with Gasteiger partial charge in [-0.2, -0.15) is 0 Å². The first kappa shape index (κ1) is 45.0. The van der Waals surface area contributed by atoms with E-state index < -0.39 is 0 Å². The minimum absolute atomic E-state index is 0.0492. The fourth-order valence-electron chi connectivity index (χ4n) is 5.62. The van der Waals surface area contributed by atoms with Gasteiger partial charge in [0, 0.05) is 32.7 Å². The van der Waals surface area contributed by atoms with Gasteiger partial charge in [-0.25, -0.2) is 0 Å². The number of unbranched alkanes of at least 4 members (excludes halogenated alkanes) is 15. The Morgan fingerprint density at radius 1 is 0.520 bits per heavy atom. The van der Waals surface area contributed by atoms with Crippen molar-refractivity contribution in [2.45, 2.75) is 149 Å². The summed E-state index contributed by atoms with van der Waals surface area (Å²) in [7, 11) is 0. The highest BCUT2D eigenvalue weighted by atomic mass is 16.5. The molecule has 0 heterocycles. The summed E-state index contributed by atoms with van der Waals surface area (Å²) in [6, 6.07) is 7.55. The molecular formula is C40H70N4O6. The third-order valence-corrected chi connectivity index (χ3v) is 8.66. The Labute approximate surface area is 303 Å². The lowest BCUT2D eigenvalue weighted by molar-refractivity contribution is -0.138. The first-order valence-electron chi connectivity index (χ1n) is 19.7. The first-order chi connectivity index (χ1) is 24.4. The third-order valence-electron chi connectivity index (χ3n) is 8.66. The maximum Gasteiger partial charge on any atom is 0.248 e. The van der Waals surface area contributed by atoms with Gasteiger partial charge in [0.15, 0.2) is 0 Å². The molecule has 0 aliphatic heterocycles. The molecule has 286 valence electrons. The zero-order chi connectivity index (χ0) is 36.5. The molecule has 0 saturated heterocycles. The normalized spacial score (nSPS) is 10.9. The smallest absolute Gasteiger partial charge is 0.248 e. The molecule has 0 atom stereocenters. The van der Waals surface area contributed by atoms with Gasteiger partial charge < -0.3 is 30.3 Å². The van der Waals surface area contributed by atoms with Crippen molar-refractivity contribution in [3.05, 3.63) is 35.4 Å². The van der Waals surface area contributed by atoms with E-state index in [1.807, 2.05) is 29.2 Å². The second kappa shape index (κ2) is 32.0. The van der Waals surface area contributed by atoms with Gasteiger partial charge in [0.25, 0.3) is 0 Å². The zero-order valence-corrected chi connectivity index (χ0v) is 31.8. The lowest BCUT2D eigenvalue weighted by Gasteiger charge is -2.23. The Hall–Kier alpha value is -2.98. The van der Waals surface area contributed by atoms with Crippen molar-refractivity contribution >= 4 is 23.6 Å². The highest BCUT2D eigenvalue weighted by Gasteiger charge is 2.14. The van der Waals surface area contributed by atoms with Crippen LogP contribution in [0.1, 0.15) is 147 Å². The highest BCUT2D eigenvalue weighted by Crippen LogP contribution is 2.10. The van der Waals surface area contributed by atoms with Crippen molar-refractivity contribution in [1.82, 2.24) is 20.9 Å². The number of ether oxygens (including phenoxy) is 2. The molecule has 0 fully saturated rings. The molecule has 0 radical (unpaired) electrons. The van der Waals surface area contributed by atoms with Gasteiger partial charge >= 0.3 is 0 Å². The highest BCUT2D eigenvalue weighted by molar-refractivity contribution is 5.80. The molecule has 10 nitrogen and oxygen atoms in total. The predicted molar refractivity (Wildman–Crippen MR) is 201 cm³/mol. The summed E-state index contributed by atoms with van der Waals surface area (Å²) < 4.78 is 10.8. The van der Waals surface area contributed by atoms with E-state index in [1.165, 1.54) is 77.0 Å². The van der Waals surface area contributed by atoms with E-state index in [1.54, 1.807) is 0 Å². The van der Waals surface area contributed by atoms with E-state index in [4.69, 9.17) is 9.47 Å². The summed E-state index contributed by atoms with van der Waals surface area (Å²) >= 11 is 0. The average Bonchev–Trinajstić information content (AvgIpc) is 3.11. The SMILES string of the molecule is CCCCCCCCNC(=O)COCC(=O)NCc1cccc(CNC(=O)COCC(=O)N(CCCCCCCC)CCCCCCCC)c1. The van der Waals surface area contributed by atoms with Crippen LogP contribution in [0.25, 0.3) is 0 Å². The van der Waals surface area contributed by atoms with Crippen molar-refractivity contribution in [1.29, 1.82) is 0 Å². The summed E-state index contributed by atoms with van der Waals surface area (Å²) in [6.07, 6.45) is 21.1. The van der Waals surface area contributed by atoms with Gasteiger partial charge in [-0.1, -0.05) is 141 Å². The molecule has 1 aromatic carbocycles. The van der Waals surface area contributed by atoms with Crippen molar-refractivity contribution in [2.75, 3.05) is 46.1 Å². The largest absolute Gasteiger partial charge is 0.362 e. The minimum Gasteiger partial charge on any atom is -0.362 e. The van der Waals surface area contributed by atoms with Gasteiger partial charge in [0.05, 0.1) is 0 Å². The van der Waals surface area contributed by atoms with Crippen molar-refractivity contribution in [3.63, 3.8) is 0 Å². The van der Waals surface area contributed by atoms with Crippen molar-refractivity contribution < 1.29 is 28.7 Å². The molecule has 0 bridgehead atoms. The fraction of sp³-hybridized carbons (Fsp3) is 0.750. The summed E-state index contributed by atoms with van der Waals surface area (Å²) in [5.41, 5.74) is 1.75. The van der Waals surface area contributed by atoms with Gasteiger partial charge in [0.2, 0.25) is 23.6 Å². The Bertz CT molecular complexity index is 1020. The number of hydrogen-bond donors (Lipinski definition) is 3. The molecule has 0 unspecified atom stereocenters. The summed E-state index contributed by atoms with van der Waals surface area (Å²) in [6.45, 7) is 8.72. The Morgan fingerprint density at radius 2 is 0.920 bits per heavy atom. The molecule has 10 heteroatoms. The molecule has 1 rings (SSSR count).